The van der Waals surface area contributed by atoms with Crippen LogP contribution in [-0.4, -0.2) is 16.9 Å². The van der Waals surface area contributed by atoms with Gasteiger partial charge in [-0.1, -0.05) is 48.5 Å². The number of hydrogen-bond donors (Lipinski definition) is 3. The average Bonchev–Trinajstić information content (AvgIpc) is 2.79. The molecule has 160 valence electrons. The molecular weight excluding hydrogens is 404 g/mol. The number of pyridine rings is 1. The number of rotatable bonds is 7. The molecule has 0 aliphatic heterocycles. The predicted octanol–water partition coefficient (Wildman–Crippen LogP) is 4.77. The van der Waals surface area contributed by atoms with Gasteiger partial charge in [-0.25, -0.2) is 4.79 Å². The molecule has 3 aromatic carbocycles. The molecule has 0 aliphatic rings. The van der Waals surface area contributed by atoms with E-state index in [1.165, 1.54) is 0 Å². The Bertz CT molecular complexity index is 1240. The summed E-state index contributed by atoms with van der Waals surface area (Å²) in [6.07, 6.45) is 1.66. The second-order valence-electron chi connectivity index (χ2n) is 7.18. The highest BCUT2D eigenvalue weighted by Crippen LogP contribution is 2.27. The lowest BCUT2D eigenvalue weighted by molar-refractivity contribution is -0.116. The Hall–Kier alpha value is -4.39. The fraction of sp³-hybridized carbons (Fsp3) is 0.0800. The number of amides is 3. The van der Waals surface area contributed by atoms with Crippen LogP contribution in [0.1, 0.15) is 18.0 Å². The lowest BCUT2D eigenvalue weighted by Crippen LogP contribution is -2.35. The van der Waals surface area contributed by atoms with Gasteiger partial charge in [0.05, 0.1) is 23.7 Å². The van der Waals surface area contributed by atoms with Crippen molar-refractivity contribution in [1.82, 2.24) is 10.3 Å². The number of hydrogen-bond acceptors (Lipinski definition) is 4. The van der Waals surface area contributed by atoms with Gasteiger partial charge in [0.1, 0.15) is 11.5 Å². The van der Waals surface area contributed by atoms with E-state index in [0.717, 1.165) is 5.39 Å². The van der Waals surface area contributed by atoms with E-state index in [2.05, 4.69) is 15.6 Å². The topological polar surface area (TPSA) is 106 Å². The van der Waals surface area contributed by atoms with Gasteiger partial charge in [0, 0.05) is 11.6 Å². The van der Waals surface area contributed by atoms with Crippen LogP contribution in [0.25, 0.3) is 10.9 Å². The molecule has 0 aliphatic carbocycles. The van der Waals surface area contributed by atoms with Gasteiger partial charge in [0.2, 0.25) is 5.91 Å². The Balaban J connectivity index is 1.53. The van der Waals surface area contributed by atoms with Gasteiger partial charge in [0.15, 0.2) is 0 Å². The van der Waals surface area contributed by atoms with Crippen molar-refractivity contribution >= 4 is 28.5 Å². The highest BCUT2D eigenvalue weighted by Gasteiger charge is 2.19. The summed E-state index contributed by atoms with van der Waals surface area (Å²) < 4.78 is 5.87. The number of aromatic nitrogens is 1. The molecule has 0 unspecified atom stereocenters. The molecule has 0 saturated heterocycles. The van der Waals surface area contributed by atoms with Gasteiger partial charge < -0.3 is 21.1 Å². The van der Waals surface area contributed by atoms with Crippen molar-refractivity contribution in [3.05, 3.63) is 96.7 Å². The third-order valence-electron chi connectivity index (χ3n) is 4.85. The summed E-state index contributed by atoms with van der Waals surface area (Å²) in [7, 11) is 0. The largest absolute Gasteiger partial charge is 0.457 e. The first-order valence-corrected chi connectivity index (χ1v) is 10.1. The first kappa shape index (κ1) is 20.9. The standard InChI is InChI=1S/C25H22N4O3/c26-25(31)29-22(18-8-4-12-20(15-18)32-19-10-2-1-3-11-19)16-23(30)28-21-13-5-7-17-9-6-14-27-24(17)21/h1-15,22H,16H2,(H,28,30)(H3,26,29,31)/t22-/m1/s1. The monoisotopic (exact) mass is 426 g/mol. The number of nitrogens with two attached hydrogens (primary N) is 1. The Morgan fingerprint density at radius 2 is 1.66 bits per heavy atom. The van der Waals surface area contributed by atoms with Crippen LogP contribution in [0.3, 0.4) is 0 Å². The fourth-order valence-corrected chi connectivity index (χ4v) is 3.44. The van der Waals surface area contributed by atoms with Gasteiger partial charge in [-0.2, -0.15) is 0 Å². The average molecular weight is 426 g/mol. The van der Waals surface area contributed by atoms with Crippen molar-refractivity contribution in [2.45, 2.75) is 12.5 Å². The summed E-state index contributed by atoms with van der Waals surface area (Å²) in [5.74, 6) is 0.991. The van der Waals surface area contributed by atoms with Gasteiger partial charge >= 0.3 is 6.03 Å². The Morgan fingerprint density at radius 1 is 0.906 bits per heavy atom. The predicted molar refractivity (Wildman–Crippen MR) is 123 cm³/mol. The molecule has 4 aromatic rings. The first-order chi connectivity index (χ1) is 15.6. The Morgan fingerprint density at radius 3 is 2.47 bits per heavy atom. The molecule has 0 radical (unpaired) electrons. The van der Waals surface area contributed by atoms with Crippen molar-refractivity contribution in [3.8, 4) is 11.5 Å². The number of urea groups is 1. The van der Waals surface area contributed by atoms with Gasteiger partial charge in [-0.3, -0.25) is 9.78 Å². The van der Waals surface area contributed by atoms with Crippen LogP contribution in [0.2, 0.25) is 0 Å². The Labute approximate surface area is 185 Å². The maximum absolute atomic E-state index is 12.8. The van der Waals surface area contributed by atoms with Crippen LogP contribution in [0.5, 0.6) is 11.5 Å². The van der Waals surface area contributed by atoms with E-state index in [1.807, 2.05) is 60.7 Å². The molecule has 3 amide bonds. The molecule has 0 bridgehead atoms. The summed E-state index contributed by atoms with van der Waals surface area (Å²) in [5, 5.41) is 6.46. The molecule has 32 heavy (non-hydrogen) atoms. The number of nitrogens with one attached hydrogen (secondary N) is 2. The third kappa shape index (κ3) is 5.20. The van der Waals surface area contributed by atoms with E-state index in [4.69, 9.17) is 10.5 Å². The van der Waals surface area contributed by atoms with Crippen molar-refractivity contribution in [2.75, 3.05) is 5.32 Å². The number of para-hydroxylation sites is 2. The minimum atomic E-state index is -0.719. The summed E-state index contributed by atoms with van der Waals surface area (Å²) in [6, 6.07) is 24.5. The van der Waals surface area contributed by atoms with Gasteiger partial charge in [-0.05, 0) is 42.0 Å². The van der Waals surface area contributed by atoms with E-state index in [1.54, 1.807) is 30.5 Å². The number of benzene rings is 3. The lowest BCUT2D eigenvalue weighted by Gasteiger charge is -2.19. The smallest absolute Gasteiger partial charge is 0.312 e. The van der Waals surface area contributed by atoms with Crippen LogP contribution in [-0.2, 0) is 4.79 Å². The molecule has 0 spiro atoms. The maximum Gasteiger partial charge on any atom is 0.312 e. The second-order valence-corrected chi connectivity index (χ2v) is 7.18. The first-order valence-electron chi connectivity index (χ1n) is 10.1. The van der Waals surface area contributed by atoms with Crippen molar-refractivity contribution in [2.24, 2.45) is 5.73 Å². The summed E-state index contributed by atoms with van der Waals surface area (Å²) in [4.78, 5) is 28.8. The highest BCUT2D eigenvalue weighted by molar-refractivity contribution is 6.00. The number of carbonyl (C=O) groups excluding carboxylic acids is 2. The normalized spacial score (nSPS) is 11.5. The maximum atomic E-state index is 12.8. The van der Waals surface area contributed by atoms with E-state index in [0.29, 0.717) is 28.3 Å². The van der Waals surface area contributed by atoms with E-state index in [9.17, 15) is 9.59 Å². The molecule has 4 rings (SSSR count). The number of anilines is 1. The number of carbonyl (C=O) groups is 2. The van der Waals surface area contributed by atoms with Gasteiger partial charge in [-0.15, -0.1) is 0 Å². The van der Waals surface area contributed by atoms with Crippen molar-refractivity contribution in [1.29, 1.82) is 0 Å². The minimum Gasteiger partial charge on any atom is -0.457 e. The van der Waals surface area contributed by atoms with E-state index >= 15 is 0 Å². The minimum absolute atomic E-state index is 0.0129. The fourth-order valence-electron chi connectivity index (χ4n) is 3.44. The zero-order valence-electron chi connectivity index (χ0n) is 17.2. The number of primary amides is 1. The van der Waals surface area contributed by atoms with Crippen LogP contribution < -0.4 is 21.1 Å². The van der Waals surface area contributed by atoms with Crippen LogP contribution in [0.4, 0.5) is 10.5 Å². The summed E-state index contributed by atoms with van der Waals surface area (Å²) >= 11 is 0. The molecule has 1 heterocycles. The number of fused-ring (bicyclic) bond motifs is 1. The third-order valence-corrected chi connectivity index (χ3v) is 4.85. The van der Waals surface area contributed by atoms with Crippen LogP contribution in [0, 0.1) is 0 Å². The summed E-state index contributed by atoms with van der Waals surface area (Å²) in [5.41, 5.74) is 7.37. The van der Waals surface area contributed by atoms with E-state index < -0.39 is 12.1 Å². The quantitative estimate of drug-likeness (QED) is 0.396. The zero-order valence-corrected chi connectivity index (χ0v) is 17.2. The van der Waals surface area contributed by atoms with Gasteiger partial charge in [0.25, 0.3) is 0 Å². The lowest BCUT2D eigenvalue weighted by atomic mass is 10.0. The summed E-state index contributed by atoms with van der Waals surface area (Å²) in [6.45, 7) is 0. The molecule has 0 fully saturated rings. The number of nitrogens with zero attached hydrogens (tertiary/aromatic N) is 1. The molecule has 1 aromatic heterocycles. The molecule has 4 N–H and O–H groups in total. The Kier molecular flexibility index (Phi) is 6.27. The van der Waals surface area contributed by atoms with Crippen molar-refractivity contribution < 1.29 is 14.3 Å². The van der Waals surface area contributed by atoms with Crippen LogP contribution in [0.15, 0.2) is 91.1 Å². The molecule has 1 atom stereocenters. The molecule has 7 nitrogen and oxygen atoms in total. The molecule has 0 saturated carbocycles. The highest BCUT2D eigenvalue weighted by atomic mass is 16.5. The number of ether oxygens (including phenoxy) is 1. The van der Waals surface area contributed by atoms with Crippen molar-refractivity contribution in [3.63, 3.8) is 0 Å². The van der Waals surface area contributed by atoms with E-state index in [-0.39, 0.29) is 12.3 Å². The second kappa shape index (κ2) is 9.61. The molecular formula is C25H22N4O3. The SMILES string of the molecule is NC(=O)N[C@H](CC(=O)Nc1cccc2cccnc12)c1cccc(Oc2ccccc2)c1. The zero-order chi connectivity index (χ0) is 22.3. The molecule has 7 heteroatoms. The van der Waals surface area contributed by atoms with Crippen LogP contribution >= 0.6 is 0 Å².